The molecule has 3 heteroatoms. The molecule has 0 spiro atoms. The summed E-state index contributed by atoms with van der Waals surface area (Å²) in [5.41, 5.74) is 0. The molecule has 0 aromatic rings. The van der Waals surface area contributed by atoms with Crippen molar-refractivity contribution < 1.29 is 0 Å². The lowest BCUT2D eigenvalue weighted by Gasteiger charge is -2.20. The molecular weight excluding hydrogens is 160 g/mol. The summed E-state index contributed by atoms with van der Waals surface area (Å²) in [7, 11) is 0. The number of nitrogens with one attached hydrogen (secondary N) is 1. The maximum Gasteiger partial charge on any atom is 0.155 e. The van der Waals surface area contributed by atoms with E-state index in [1.54, 1.807) is 6.34 Å². The van der Waals surface area contributed by atoms with Crippen LogP contribution in [-0.2, 0) is 0 Å². The van der Waals surface area contributed by atoms with E-state index >= 15 is 0 Å². The van der Waals surface area contributed by atoms with Gasteiger partial charge in [-0.2, -0.15) is 0 Å². The topological polar surface area (TPSA) is 24.4 Å². The van der Waals surface area contributed by atoms with Gasteiger partial charge in [-0.25, -0.2) is 4.99 Å². The van der Waals surface area contributed by atoms with Crippen LogP contribution in [0.1, 0.15) is 26.2 Å². The fourth-order valence-corrected chi connectivity index (χ4v) is 1.22. The lowest BCUT2D eigenvalue weighted by Crippen LogP contribution is -2.22. The molecule has 0 radical (unpaired) electrons. The van der Waals surface area contributed by atoms with Gasteiger partial charge in [0.2, 0.25) is 0 Å². The molecule has 1 atom stereocenters. The molecule has 1 unspecified atom stereocenters. The van der Waals surface area contributed by atoms with Crippen molar-refractivity contribution in [2.75, 3.05) is 0 Å². The molecule has 0 amide bonds. The van der Waals surface area contributed by atoms with Crippen molar-refractivity contribution >= 4 is 17.9 Å². The average Bonchev–Trinajstić information content (AvgIpc) is 2.03. The minimum absolute atomic E-state index is 0.471. The first-order chi connectivity index (χ1) is 5.27. The van der Waals surface area contributed by atoms with E-state index in [-0.39, 0.29) is 0 Å². The minimum Gasteiger partial charge on any atom is -0.353 e. The Balaban J connectivity index is 2.44. The Morgan fingerprint density at radius 1 is 1.64 bits per heavy atom. The number of alkyl halides is 1. The molecule has 62 valence electrons. The summed E-state index contributed by atoms with van der Waals surface area (Å²) in [6.45, 7) is 2.15. The van der Waals surface area contributed by atoms with E-state index in [0.29, 0.717) is 0 Å². The third-order valence-corrected chi connectivity index (χ3v) is 2.08. The monoisotopic (exact) mass is 172 g/mol. The molecule has 11 heavy (non-hydrogen) atoms. The Labute approximate surface area is 72.3 Å². The van der Waals surface area contributed by atoms with Crippen molar-refractivity contribution in [3.8, 4) is 0 Å². The quantitative estimate of drug-likeness (QED) is 0.513. The zero-order chi connectivity index (χ0) is 8.16. The Hall–Kier alpha value is -0.500. The van der Waals surface area contributed by atoms with E-state index in [1.165, 1.54) is 0 Å². The maximum absolute atomic E-state index is 6.13. The summed E-state index contributed by atoms with van der Waals surface area (Å²) in [5.74, 6) is 0. The second-order valence-electron chi connectivity index (χ2n) is 2.68. The average molecular weight is 173 g/mol. The lowest BCUT2D eigenvalue weighted by molar-refractivity contribution is 0.604. The Bertz CT molecular complexity index is 163. The highest BCUT2D eigenvalue weighted by molar-refractivity contribution is 6.25. The van der Waals surface area contributed by atoms with E-state index < -0.39 is 5.00 Å². The predicted octanol–water partition coefficient (Wildman–Crippen LogP) is 2.26. The Kier molecular flexibility index (Phi) is 2.94. The zero-order valence-electron chi connectivity index (χ0n) is 6.68. The van der Waals surface area contributed by atoms with Gasteiger partial charge in [0.15, 0.2) is 5.00 Å². The molecule has 1 heterocycles. The second-order valence-corrected chi connectivity index (χ2v) is 3.33. The van der Waals surface area contributed by atoms with Crippen LogP contribution in [0.2, 0.25) is 0 Å². The van der Waals surface area contributed by atoms with Crippen LogP contribution in [0.4, 0.5) is 0 Å². The third kappa shape index (κ3) is 2.54. The summed E-state index contributed by atoms with van der Waals surface area (Å²) in [6, 6.07) is 0. The number of unbranched alkanes of at least 4 members (excludes halogenated alkanes) is 1. The van der Waals surface area contributed by atoms with Crippen molar-refractivity contribution in [1.29, 1.82) is 0 Å². The first-order valence-corrected chi connectivity index (χ1v) is 4.31. The first-order valence-electron chi connectivity index (χ1n) is 3.93. The van der Waals surface area contributed by atoms with Crippen molar-refractivity contribution in [3.05, 3.63) is 12.3 Å². The number of hydrogen-bond acceptors (Lipinski definition) is 2. The molecule has 0 aliphatic carbocycles. The van der Waals surface area contributed by atoms with Crippen LogP contribution in [-0.4, -0.2) is 11.3 Å². The van der Waals surface area contributed by atoms with Crippen LogP contribution in [0.5, 0.6) is 0 Å². The molecule has 0 bridgehead atoms. The van der Waals surface area contributed by atoms with Gasteiger partial charge in [0.25, 0.3) is 0 Å². The van der Waals surface area contributed by atoms with Crippen molar-refractivity contribution in [2.45, 2.75) is 31.2 Å². The number of halogens is 1. The number of nitrogens with zero attached hydrogens (tertiary/aromatic N) is 1. The summed E-state index contributed by atoms with van der Waals surface area (Å²) < 4.78 is 0. The van der Waals surface area contributed by atoms with E-state index in [4.69, 9.17) is 11.6 Å². The van der Waals surface area contributed by atoms with Crippen LogP contribution in [0.3, 0.4) is 0 Å². The Morgan fingerprint density at radius 2 is 2.45 bits per heavy atom. The van der Waals surface area contributed by atoms with Gasteiger partial charge >= 0.3 is 0 Å². The van der Waals surface area contributed by atoms with Gasteiger partial charge in [-0.15, -0.1) is 0 Å². The van der Waals surface area contributed by atoms with Crippen LogP contribution < -0.4 is 5.32 Å². The normalized spacial score (nSPS) is 28.5. The van der Waals surface area contributed by atoms with Gasteiger partial charge in [0, 0.05) is 6.20 Å². The Morgan fingerprint density at radius 3 is 3.00 bits per heavy atom. The van der Waals surface area contributed by atoms with Gasteiger partial charge in [0.05, 0.1) is 6.34 Å². The lowest BCUT2D eigenvalue weighted by atomic mass is 10.1. The largest absolute Gasteiger partial charge is 0.353 e. The minimum atomic E-state index is -0.471. The highest BCUT2D eigenvalue weighted by Crippen LogP contribution is 2.26. The maximum atomic E-state index is 6.13. The molecule has 0 aromatic carbocycles. The molecular formula is C8H13ClN2. The van der Waals surface area contributed by atoms with Crippen LogP contribution >= 0.6 is 11.6 Å². The molecule has 2 nitrogen and oxygen atoms in total. The van der Waals surface area contributed by atoms with Gasteiger partial charge in [0.1, 0.15) is 0 Å². The van der Waals surface area contributed by atoms with Gasteiger partial charge in [-0.05, 0) is 18.9 Å². The number of rotatable bonds is 3. The smallest absolute Gasteiger partial charge is 0.155 e. The first kappa shape index (κ1) is 8.60. The van der Waals surface area contributed by atoms with Crippen LogP contribution in [0.25, 0.3) is 0 Å². The van der Waals surface area contributed by atoms with Crippen molar-refractivity contribution in [1.82, 2.24) is 5.32 Å². The molecule has 0 saturated heterocycles. The van der Waals surface area contributed by atoms with Crippen molar-refractivity contribution in [2.24, 2.45) is 4.99 Å². The van der Waals surface area contributed by atoms with E-state index in [2.05, 4.69) is 17.2 Å². The zero-order valence-corrected chi connectivity index (χ0v) is 7.43. The SMILES string of the molecule is CCCCC1(Cl)C=CNC=N1. The summed E-state index contributed by atoms with van der Waals surface area (Å²) in [4.78, 5) is 3.67. The molecule has 1 N–H and O–H groups in total. The van der Waals surface area contributed by atoms with Crippen molar-refractivity contribution in [3.63, 3.8) is 0 Å². The summed E-state index contributed by atoms with van der Waals surface area (Å²) >= 11 is 6.13. The molecule has 0 fully saturated rings. The van der Waals surface area contributed by atoms with Crippen LogP contribution in [0, 0.1) is 0 Å². The molecule has 0 saturated carbocycles. The predicted molar refractivity (Wildman–Crippen MR) is 48.9 cm³/mol. The second kappa shape index (κ2) is 3.77. The molecule has 1 aliphatic rings. The van der Waals surface area contributed by atoms with Gasteiger partial charge in [-0.1, -0.05) is 24.9 Å². The van der Waals surface area contributed by atoms with E-state index in [9.17, 15) is 0 Å². The van der Waals surface area contributed by atoms with Crippen LogP contribution in [0.15, 0.2) is 17.3 Å². The van der Waals surface area contributed by atoms with E-state index in [0.717, 1.165) is 19.3 Å². The fourth-order valence-electron chi connectivity index (χ4n) is 0.979. The highest BCUT2D eigenvalue weighted by Gasteiger charge is 2.22. The van der Waals surface area contributed by atoms with E-state index in [1.807, 2.05) is 12.3 Å². The summed E-state index contributed by atoms with van der Waals surface area (Å²) in [5, 5.41) is 2.86. The summed E-state index contributed by atoms with van der Waals surface area (Å²) in [6.07, 6.45) is 8.55. The molecule has 1 rings (SSSR count). The highest BCUT2D eigenvalue weighted by atomic mass is 35.5. The standard InChI is InChI=1S/C8H13ClN2/c1-2-3-4-8(9)5-6-10-7-11-8/h5-7H,2-4H2,1H3,(H,10,11). The van der Waals surface area contributed by atoms with Gasteiger partial charge in [-0.3, -0.25) is 0 Å². The molecule has 1 aliphatic heterocycles. The van der Waals surface area contributed by atoms with Gasteiger partial charge < -0.3 is 5.32 Å². The molecule has 0 aromatic heterocycles. The number of hydrogen-bond donors (Lipinski definition) is 1. The number of aliphatic imine (C=N–C) groups is 1. The third-order valence-electron chi connectivity index (χ3n) is 1.67. The fraction of sp³-hybridized carbons (Fsp3) is 0.625.